The van der Waals surface area contributed by atoms with Crippen molar-refractivity contribution < 1.29 is 9.53 Å². The van der Waals surface area contributed by atoms with Gasteiger partial charge in [0.2, 0.25) is 0 Å². The number of aromatic nitrogens is 2. The van der Waals surface area contributed by atoms with E-state index in [1.54, 1.807) is 22.9 Å². The molecule has 0 saturated carbocycles. The Bertz CT molecular complexity index is 677. The van der Waals surface area contributed by atoms with Crippen LogP contribution in [0.1, 0.15) is 28.7 Å². The molecule has 1 amide bonds. The molecule has 0 unspecified atom stereocenters. The SMILES string of the molecule is CCOc1cc(N)cc(C(=O)Nc2c(C)nn(C)c2C)c1. The van der Waals surface area contributed by atoms with Crippen molar-refractivity contribution in [2.45, 2.75) is 20.8 Å². The smallest absolute Gasteiger partial charge is 0.255 e. The molecule has 6 nitrogen and oxygen atoms in total. The third kappa shape index (κ3) is 3.16. The zero-order valence-electron chi connectivity index (χ0n) is 12.7. The molecule has 1 aromatic carbocycles. The Morgan fingerprint density at radius 1 is 1.38 bits per heavy atom. The minimum atomic E-state index is -0.234. The number of aryl methyl sites for hydroxylation is 2. The first-order chi connectivity index (χ1) is 9.92. The van der Waals surface area contributed by atoms with Crippen molar-refractivity contribution in [1.82, 2.24) is 9.78 Å². The lowest BCUT2D eigenvalue weighted by Gasteiger charge is -2.09. The van der Waals surface area contributed by atoms with E-state index in [2.05, 4.69) is 10.4 Å². The molecule has 112 valence electrons. The number of hydrogen-bond acceptors (Lipinski definition) is 4. The number of anilines is 2. The maximum absolute atomic E-state index is 12.4. The Kier molecular flexibility index (Phi) is 4.16. The van der Waals surface area contributed by atoms with E-state index >= 15 is 0 Å². The van der Waals surface area contributed by atoms with Crippen LogP contribution in [0.2, 0.25) is 0 Å². The van der Waals surface area contributed by atoms with Crippen molar-refractivity contribution in [2.75, 3.05) is 17.7 Å². The molecule has 0 saturated heterocycles. The minimum absolute atomic E-state index is 0.234. The summed E-state index contributed by atoms with van der Waals surface area (Å²) in [6.07, 6.45) is 0. The first-order valence-corrected chi connectivity index (χ1v) is 6.77. The fraction of sp³-hybridized carbons (Fsp3) is 0.333. The number of hydrogen-bond donors (Lipinski definition) is 2. The summed E-state index contributed by atoms with van der Waals surface area (Å²) in [5.41, 5.74) is 9.16. The Labute approximate surface area is 123 Å². The van der Waals surface area contributed by atoms with E-state index in [9.17, 15) is 4.79 Å². The molecule has 0 aliphatic heterocycles. The van der Waals surface area contributed by atoms with Crippen LogP contribution in [0.15, 0.2) is 18.2 Å². The summed E-state index contributed by atoms with van der Waals surface area (Å²) in [7, 11) is 1.84. The van der Waals surface area contributed by atoms with Crippen molar-refractivity contribution in [3.8, 4) is 5.75 Å². The first kappa shape index (κ1) is 14.9. The van der Waals surface area contributed by atoms with Gasteiger partial charge < -0.3 is 15.8 Å². The third-order valence-electron chi connectivity index (χ3n) is 3.25. The van der Waals surface area contributed by atoms with E-state index in [0.29, 0.717) is 23.6 Å². The molecule has 0 atom stereocenters. The molecule has 21 heavy (non-hydrogen) atoms. The van der Waals surface area contributed by atoms with Gasteiger partial charge in [0.05, 0.1) is 23.7 Å². The van der Waals surface area contributed by atoms with Gasteiger partial charge in [0, 0.05) is 24.4 Å². The van der Waals surface area contributed by atoms with Gasteiger partial charge in [-0.3, -0.25) is 9.48 Å². The maximum atomic E-state index is 12.4. The van der Waals surface area contributed by atoms with Gasteiger partial charge in [-0.1, -0.05) is 0 Å². The van der Waals surface area contributed by atoms with Crippen LogP contribution in [0.5, 0.6) is 5.75 Å². The fourth-order valence-corrected chi connectivity index (χ4v) is 2.14. The van der Waals surface area contributed by atoms with E-state index < -0.39 is 0 Å². The number of nitrogen functional groups attached to an aromatic ring is 1. The third-order valence-corrected chi connectivity index (χ3v) is 3.25. The summed E-state index contributed by atoms with van der Waals surface area (Å²) < 4.78 is 7.13. The molecule has 1 aromatic heterocycles. The number of nitrogens with one attached hydrogen (secondary N) is 1. The van der Waals surface area contributed by atoms with Gasteiger partial charge in [-0.25, -0.2) is 0 Å². The second kappa shape index (κ2) is 5.87. The number of carbonyl (C=O) groups excluding carboxylic acids is 1. The quantitative estimate of drug-likeness (QED) is 0.845. The predicted octanol–water partition coefficient (Wildman–Crippen LogP) is 2.27. The average Bonchev–Trinajstić information content (AvgIpc) is 2.65. The van der Waals surface area contributed by atoms with Crippen molar-refractivity contribution in [1.29, 1.82) is 0 Å². The summed E-state index contributed by atoms with van der Waals surface area (Å²) >= 11 is 0. The first-order valence-electron chi connectivity index (χ1n) is 6.77. The molecule has 3 N–H and O–H groups in total. The standard InChI is InChI=1S/C15H20N4O2/c1-5-21-13-7-11(6-12(16)8-13)15(20)17-14-9(2)18-19(4)10(14)3/h6-8H,5,16H2,1-4H3,(H,17,20). The summed E-state index contributed by atoms with van der Waals surface area (Å²) in [5, 5.41) is 7.15. The van der Waals surface area contributed by atoms with Crippen LogP contribution < -0.4 is 15.8 Å². The minimum Gasteiger partial charge on any atom is -0.494 e. The van der Waals surface area contributed by atoms with Crippen LogP contribution in [0.25, 0.3) is 0 Å². The highest BCUT2D eigenvalue weighted by atomic mass is 16.5. The number of nitrogens with zero attached hydrogens (tertiary/aromatic N) is 2. The largest absolute Gasteiger partial charge is 0.494 e. The molecule has 0 radical (unpaired) electrons. The van der Waals surface area contributed by atoms with Crippen LogP contribution in [0, 0.1) is 13.8 Å². The molecule has 2 aromatic rings. The highest BCUT2D eigenvalue weighted by molar-refractivity contribution is 6.05. The van der Waals surface area contributed by atoms with Crippen molar-refractivity contribution in [2.24, 2.45) is 7.05 Å². The maximum Gasteiger partial charge on any atom is 0.255 e. The van der Waals surface area contributed by atoms with Gasteiger partial charge >= 0.3 is 0 Å². The van der Waals surface area contributed by atoms with Crippen LogP contribution in [0.3, 0.4) is 0 Å². The summed E-state index contributed by atoms with van der Waals surface area (Å²) in [6.45, 7) is 6.16. The fourth-order valence-electron chi connectivity index (χ4n) is 2.14. The van der Waals surface area contributed by atoms with E-state index in [-0.39, 0.29) is 5.91 Å². The highest BCUT2D eigenvalue weighted by Crippen LogP contribution is 2.22. The molecule has 0 aliphatic rings. The molecular formula is C15H20N4O2. The van der Waals surface area contributed by atoms with Gasteiger partial charge in [-0.15, -0.1) is 0 Å². The lowest BCUT2D eigenvalue weighted by atomic mass is 10.1. The summed E-state index contributed by atoms with van der Waals surface area (Å²) in [5.74, 6) is 0.352. The lowest BCUT2D eigenvalue weighted by Crippen LogP contribution is -2.14. The average molecular weight is 288 g/mol. The van der Waals surface area contributed by atoms with Crippen LogP contribution in [-0.4, -0.2) is 22.3 Å². The van der Waals surface area contributed by atoms with Crippen molar-refractivity contribution in [3.05, 3.63) is 35.2 Å². The number of benzene rings is 1. The highest BCUT2D eigenvalue weighted by Gasteiger charge is 2.15. The Balaban J connectivity index is 2.28. The molecule has 0 fully saturated rings. The Hall–Kier alpha value is -2.50. The van der Waals surface area contributed by atoms with Gasteiger partial charge in [0.15, 0.2) is 0 Å². The molecule has 1 heterocycles. The lowest BCUT2D eigenvalue weighted by molar-refractivity contribution is 0.102. The van der Waals surface area contributed by atoms with E-state index in [0.717, 1.165) is 17.1 Å². The van der Waals surface area contributed by atoms with Crippen LogP contribution in [-0.2, 0) is 7.05 Å². The summed E-state index contributed by atoms with van der Waals surface area (Å²) in [4.78, 5) is 12.4. The molecule has 0 bridgehead atoms. The topological polar surface area (TPSA) is 82.2 Å². The van der Waals surface area contributed by atoms with Gasteiger partial charge in [0.25, 0.3) is 5.91 Å². The van der Waals surface area contributed by atoms with Gasteiger partial charge in [0.1, 0.15) is 5.75 Å². The zero-order chi connectivity index (χ0) is 15.6. The van der Waals surface area contributed by atoms with Crippen molar-refractivity contribution in [3.63, 3.8) is 0 Å². The predicted molar refractivity (Wildman–Crippen MR) is 82.7 cm³/mol. The molecule has 6 heteroatoms. The Morgan fingerprint density at radius 2 is 2.10 bits per heavy atom. The van der Waals surface area contributed by atoms with Crippen LogP contribution in [0.4, 0.5) is 11.4 Å². The normalized spacial score (nSPS) is 10.5. The second-order valence-corrected chi connectivity index (χ2v) is 4.85. The van der Waals surface area contributed by atoms with Crippen LogP contribution >= 0.6 is 0 Å². The molecule has 0 spiro atoms. The number of rotatable bonds is 4. The number of carbonyl (C=O) groups is 1. The van der Waals surface area contributed by atoms with Gasteiger partial charge in [-0.05, 0) is 32.9 Å². The summed E-state index contributed by atoms with van der Waals surface area (Å²) in [6, 6.07) is 5.00. The van der Waals surface area contributed by atoms with E-state index in [1.165, 1.54) is 0 Å². The van der Waals surface area contributed by atoms with E-state index in [1.807, 2.05) is 27.8 Å². The molecular weight excluding hydrogens is 268 g/mol. The Morgan fingerprint density at radius 3 is 2.67 bits per heavy atom. The molecule has 2 rings (SSSR count). The zero-order valence-corrected chi connectivity index (χ0v) is 12.7. The second-order valence-electron chi connectivity index (χ2n) is 4.85. The number of nitrogens with two attached hydrogens (primary N) is 1. The molecule has 0 aliphatic carbocycles. The van der Waals surface area contributed by atoms with Crippen molar-refractivity contribution >= 4 is 17.3 Å². The number of ether oxygens (including phenoxy) is 1. The monoisotopic (exact) mass is 288 g/mol. The number of amides is 1. The van der Waals surface area contributed by atoms with Gasteiger partial charge in [-0.2, -0.15) is 5.10 Å². The van der Waals surface area contributed by atoms with E-state index in [4.69, 9.17) is 10.5 Å².